The van der Waals surface area contributed by atoms with E-state index in [1.54, 1.807) is 0 Å². The van der Waals surface area contributed by atoms with Crippen LogP contribution >= 0.6 is 0 Å². The molecule has 112 valence electrons. The molecule has 2 aliphatic rings. The highest BCUT2D eigenvalue weighted by molar-refractivity contribution is 5.04. The van der Waals surface area contributed by atoms with E-state index in [1.165, 1.54) is 19.3 Å². The van der Waals surface area contributed by atoms with Crippen molar-refractivity contribution in [2.75, 3.05) is 19.6 Å². The average molecular weight is 268 g/mol. The van der Waals surface area contributed by atoms with Crippen LogP contribution in [0.1, 0.15) is 59.3 Å². The van der Waals surface area contributed by atoms with Crippen LogP contribution in [-0.2, 0) is 0 Å². The van der Waals surface area contributed by atoms with Crippen molar-refractivity contribution in [2.45, 2.75) is 64.9 Å². The summed E-state index contributed by atoms with van der Waals surface area (Å²) >= 11 is 0. The molecule has 2 atom stereocenters. The summed E-state index contributed by atoms with van der Waals surface area (Å²) in [6, 6.07) is 0. The van der Waals surface area contributed by atoms with Gasteiger partial charge in [0.15, 0.2) is 0 Å². The van der Waals surface area contributed by atoms with Gasteiger partial charge < -0.3 is 16.2 Å². The number of nitrogens with one attached hydrogen (secondary N) is 1. The molecule has 0 amide bonds. The summed E-state index contributed by atoms with van der Waals surface area (Å²) in [5.74, 6) is 0.353. The minimum absolute atomic E-state index is 0.0772. The zero-order valence-electron chi connectivity index (χ0n) is 13.0. The van der Waals surface area contributed by atoms with Gasteiger partial charge in [0, 0.05) is 24.4 Å². The lowest BCUT2D eigenvalue weighted by Crippen LogP contribution is -2.59. The van der Waals surface area contributed by atoms with Crippen molar-refractivity contribution in [2.24, 2.45) is 22.5 Å². The Hall–Kier alpha value is -0.120. The van der Waals surface area contributed by atoms with Gasteiger partial charge in [0.05, 0.1) is 5.60 Å². The van der Waals surface area contributed by atoms with E-state index in [4.69, 9.17) is 5.73 Å². The lowest BCUT2D eigenvalue weighted by molar-refractivity contribution is -0.139. The summed E-state index contributed by atoms with van der Waals surface area (Å²) in [4.78, 5) is 0. The van der Waals surface area contributed by atoms with Crippen molar-refractivity contribution in [3.05, 3.63) is 0 Å². The largest absolute Gasteiger partial charge is 0.389 e. The lowest BCUT2D eigenvalue weighted by atomic mass is 9.55. The fraction of sp³-hybridized carbons (Fsp3) is 1.00. The normalized spacial score (nSPS) is 33.6. The smallest absolute Gasteiger partial charge is 0.0727 e. The van der Waals surface area contributed by atoms with Crippen LogP contribution in [0.5, 0.6) is 0 Å². The number of piperidine rings is 1. The van der Waals surface area contributed by atoms with Crippen molar-refractivity contribution in [1.82, 2.24) is 5.32 Å². The second-order valence-electron chi connectivity index (χ2n) is 7.84. The Morgan fingerprint density at radius 3 is 2.37 bits per heavy atom. The standard InChI is InChI=1S/C16H32N2O/c1-14(2)6-8-16(12-17,9-7-14)15(3,19)13-5-4-10-18-11-13/h13,18-19H,4-12,17H2,1-3H3. The molecule has 2 rings (SSSR count). The van der Waals surface area contributed by atoms with Crippen LogP contribution in [0.4, 0.5) is 0 Å². The van der Waals surface area contributed by atoms with Crippen molar-refractivity contribution < 1.29 is 5.11 Å². The van der Waals surface area contributed by atoms with E-state index in [-0.39, 0.29) is 5.41 Å². The summed E-state index contributed by atoms with van der Waals surface area (Å²) in [6.07, 6.45) is 6.80. The van der Waals surface area contributed by atoms with Gasteiger partial charge in [-0.25, -0.2) is 0 Å². The monoisotopic (exact) mass is 268 g/mol. The molecular formula is C16H32N2O. The highest BCUT2D eigenvalue weighted by Gasteiger charge is 2.52. The van der Waals surface area contributed by atoms with Crippen molar-refractivity contribution in [3.8, 4) is 0 Å². The molecule has 2 fully saturated rings. The Kier molecular flexibility index (Phi) is 4.29. The van der Waals surface area contributed by atoms with Gasteiger partial charge in [-0.15, -0.1) is 0 Å². The van der Waals surface area contributed by atoms with Gasteiger partial charge >= 0.3 is 0 Å². The second-order valence-corrected chi connectivity index (χ2v) is 7.84. The Bertz CT molecular complexity index is 296. The highest BCUT2D eigenvalue weighted by atomic mass is 16.3. The van der Waals surface area contributed by atoms with Crippen LogP contribution in [0.25, 0.3) is 0 Å². The second kappa shape index (κ2) is 5.34. The molecule has 0 radical (unpaired) electrons. The van der Waals surface area contributed by atoms with Gasteiger partial charge in [-0.1, -0.05) is 13.8 Å². The number of aliphatic hydroxyl groups is 1. The summed E-state index contributed by atoms with van der Waals surface area (Å²) in [5.41, 5.74) is 5.84. The molecule has 4 N–H and O–H groups in total. The molecule has 0 aromatic heterocycles. The minimum atomic E-state index is -0.633. The van der Waals surface area contributed by atoms with Crippen LogP contribution in [0.2, 0.25) is 0 Å². The first-order valence-electron chi connectivity index (χ1n) is 7.96. The first-order valence-corrected chi connectivity index (χ1v) is 7.96. The van der Waals surface area contributed by atoms with E-state index >= 15 is 0 Å². The average Bonchev–Trinajstić information content (AvgIpc) is 2.40. The predicted octanol–water partition coefficient (Wildman–Crippen LogP) is 2.28. The Labute approximate surface area is 118 Å². The molecule has 1 saturated carbocycles. The molecule has 3 heteroatoms. The van der Waals surface area contributed by atoms with Crippen LogP contribution in [-0.4, -0.2) is 30.3 Å². The molecular weight excluding hydrogens is 236 g/mol. The zero-order valence-corrected chi connectivity index (χ0v) is 13.0. The third kappa shape index (κ3) is 2.84. The SMILES string of the molecule is CC1(C)CCC(CN)(C(C)(O)C2CCCNC2)CC1. The molecule has 1 heterocycles. The van der Waals surface area contributed by atoms with E-state index < -0.39 is 5.60 Å². The molecule has 1 aliphatic carbocycles. The van der Waals surface area contributed by atoms with Crippen molar-refractivity contribution in [3.63, 3.8) is 0 Å². The van der Waals surface area contributed by atoms with Gasteiger partial charge in [-0.2, -0.15) is 0 Å². The van der Waals surface area contributed by atoms with E-state index in [0.717, 1.165) is 32.4 Å². The predicted molar refractivity (Wildman–Crippen MR) is 80.0 cm³/mol. The first kappa shape index (κ1) is 15.3. The van der Waals surface area contributed by atoms with Gasteiger partial charge in [0.1, 0.15) is 0 Å². The van der Waals surface area contributed by atoms with Crippen molar-refractivity contribution >= 4 is 0 Å². The van der Waals surface area contributed by atoms with Gasteiger partial charge in [0.2, 0.25) is 0 Å². The third-order valence-electron chi connectivity index (χ3n) is 6.12. The molecule has 1 saturated heterocycles. The maximum atomic E-state index is 11.3. The fourth-order valence-electron chi connectivity index (χ4n) is 4.09. The molecule has 1 aliphatic heterocycles. The number of hydrogen-bond acceptors (Lipinski definition) is 3. The maximum absolute atomic E-state index is 11.3. The molecule has 2 unspecified atom stereocenters. The third-order valence-corrected chi connectivity index (χ3v) is 6.12. The topological polar surface area (TPSA) is 58.3 Å². The number of hydrogen-bond donors (Lipinski definition) is 3. The Balaban J connectivity index is 2.15. The first-order chi connectivity index (χ1) is 8.83. The number of nitrogens with two attached hydrogens (primary N) is 1. The summed E-state index contributed by atoms with van der Waals surface area (Å²) < 4.78 is 0. The summed E-state index contributed by atoms with van der Waals surface area (Å²) in [5, 5.41) is 14.7. The summed E-state index contributed by atoms with van der Waals surface area (Å²) in [6.45, 7) is 9.38. The molecule has 0 bridgehead atoms. The summed E-state index contributed by atoms with van der Waals surface area (Å²) in [7, 11) is 0. The van der Waals surface area contributed by atoms with Gasteiger partial charge in [-0.3, -0.25) is 0 Å². The minimum Gasteiger partial charge on any atom is -0.389 e. The van der Waals surface area contributed by atoms with Crippen LogP contribution < -0.4 is 11.1 Å². The highest BCUT2D eigenvalue weighted by Crippen LogP contribution is 2.52. The van der Waals surface area contributed by atoms with Crippen LogP contribution in [0.3, 0.4) is 0 Å². The van der Waals surface area contributed by atoms with E-state index in [2.05, 4.69) is 26.1 Å². The van der Waals surface area contributed by atoms with E-state index in [9.17, 15) is 5.11 Å². The number of rotatable bonds is 3. The van der Waals surface area contributed by atoms with Gasteiger partial charge in [0.25, 0.3) is 0 Å². The Morgan fingerprint density at radius 1 is 1.26 bits per heavy atom. The zero-order chi connectivity index (χ0) is 14.1. The van der Waals surface area contributed by atoms with E-state index in [1.807, 2.05) is 0 Å². The van der Waals surface area contributed by atoms with Crippen molar-refractivity contribution in [1.29, 1.82) is 0 Å². The quantitative estimate of drug-likeness (QED) is 0.736. The molecule has 0 aromatic carbocycles. The maximum Gasteiger partial charge on any atom is 0.0727 e. The molecule has 19 heavy (non-hydrogen) atoms. The van der Waals surface area contributed by atoms with Gasteiger partial charge in [-0.05, 0) is 57.4 Å². The van der Waals surface area contributed by atoms with Crippen LogP contribution in [0.15, 0.2) is 0 Å². The lowest BCUT2D eigenvalue weighted by Gasteiger charge is -2.54. The molecule has 3 nitrogen and oxygen atoms in total. The van der Waals surface area contributed by atoms with Crippen LogP contribution in [0, 0.1) is 16.7 Å². The Morgan fingerprint density at radius 2 is 1.89 bits per heavy atom. The molecule has 0 aromatic rings. The molecule has 0 spiro atoms. The van der Waals surface area contributed by atoms with E-state index in [0.29, 0.717) is 17.9 Å². The fourth-order valence-corrected chi connectivity index (χ4v) is 4.09.